The predicted molar refractivity (Wildman–Crippen MR) is 46.4 cm³/mol. The molecule has 2 nitrogen and oxygen atoms in total. The SMILES string of the molecule is Oc1cc2ccccc2n1[S-]. The normalized spacial score (nSPS) is 10.5. The Morgan fingerprint density at radius 2 is 2.00 bits per heavy atom. The molecule has 1 N–H and O–H groups in total. The summed E-state index contributed by atoms with van der Waals surface area (Å²) in [7, 11) is 0. The summed E-state index contributed by atoms with van der Waals surface area (Å²) in [6.45, 7) is 0. The van der Waals surface area contributed by atoms with Crippen LogP contribution in [0.1, 0.15) is 0 Å². The molecule has 0 saturated heterocycles. The highest BCUT2D eigenvalue weighted by molar-refractivity contribution is 7.57. The lowest BCUT2D eigenvalue weighted by Crippen LogP contribution is -1.82. The van der Waals surface area contributed by atoms with E-state index in [0.717, 1.165) is 10.9 Å². The monoisotopic (exact) mass is 164 g/mol. The van der Waals surface area contributed by atoms with Crippen LogP contribution in [0.2, 0.25) is 0 Å². The predicted octanol–water partition coefficient (Wildman–Crippen LogP) is 1.66. The number of benzene rings is 1. The molecular formula is C8H6NOS-. The molecule has 3 heteroatoms. The number of nitrogens with zero attached hydrogens (tertiary/aromatic N) is 1. The molecular weight excluding hydrogens is 158 g/mol. The molecule has 1 aromatic carbocycles. The maximum Gasteiger partial charge on any atom is 0.172 e. The summed E-state index contributed by atoms with van der Waals surface area (Å²) in [5.74, 6) is 0.126. The fourth-order valence-corrected chi connectivity index (χ4v) is 1.33. The standard InChI is InChI=1S/C8H6NOS/c10-8-5-6-3-1-2-4-7(6)9(8)11/h1-5,10H/q-1. The van der Waals surface area contributed by atoms with E-state index in [2.05, 4.69) is 0 Å². The Labute approximate surface area is 69.6 Å². The minimum atomic E-state index is 0.126. The van der Waals surface area contributed by atoms with Crippen molar-refractivity contribution < 1.29 is 5.11 Å². The Kier molecular flexibility index (Phi) is 1.26. The number of aromatic hydroxyl groups is 1. The molecule has 1 aromatic heterocycles. The zero-order valence-corrected chi connectivity index (χ0v) is 6.51. The van der Waals surface area contributed by atoms with E-state index in [0.29, 0.717) is 0 Å². The number of aromatic nitrogens is 1. The van der Waals surface area contributed by atoms with Crippen LogP contribution >= 0.6 is 0 Å². The largest absolute Gasteiger partial charge is 0.684 e. The van der Waals surface area contributed by atoms with Gasteiger partial charge in [-0.15, -0.1) is 0 Å². The van der Waals surface area contributed by atoms with Crippen molar-refractivity contribution in [1.82, 2.24) is 3.97 Å². The molecule has 2 aromatic rings. The van der Waals surface area contributed by atoms with Gasteiger partial charge in [0.1, 0.15) is 0 Å². The van der Waals surface area contributed by atoms with Gasteiger partial charge in [0.25, 0.3) is 0 Å². The summed E-state index contributed by atoms with van der Waals surface area (Å²) < 4.78 is 1.34. The number of fused-ring (bicyclic) bond motifs is 1. The average molecular weight is 164 g/mol. The lowest BCUT2D eigenvalue weighted by molar-refractivity contribution is 0.453. The quantitative estimate of drug-likeness (QED) is 0.599. The Morgan fingerprint density at radius 3 is 2.73 bits per heavy atom. The molecule has 0 amide bonds. The second-order valence-electron chi connectivity index (χ2n) is 2.36. The van der Waals surface area contributed by atoms with Gasteiger partial charge < -0.3 is 21.9 Å². The molecule has 0 radical (unpaired) electrons. The average Bonchev–Trinajstić information content (AvgIpc) is 2.30. The van der Waals surface area contributed by atoms with Crippen LogP contribution in [0.25, 0.3) is 10.9 Å². The van der Waals surface area contributed by atoms with E-state index in [1.54, 1.807) is 6.07 Å². The van der Waals surface area contributed by atoms with Gasteiger partial charge in [0, 0.05) is 17.0 Å². The summed E-state index contributed by atoms with van der Waals surface area (Å²) in [5, 5.41) is 10.2. The van der Waals surface area contributed by atoms with Crippen LogP contribution in [-0.2, 0) is 12.8 Å². The Morgan fingerprint density at radius 1 is 1.27 bits per heavy atom. The maximum atomic E-state index is 9.20. The Hall–Kier alpha value is -1.22. The van der Waals surface area contributed by atoms with Crippen molar-refractivity contribution >= 4 is 23.7 Å². The summed E-state index contributed by atoms with van der Waals surface area (Å²) in [4.78, 5) is 0. The van der Waals surface area contributed by atoms with Crippen LogP contribution in [0, 0.1) is 0 Å². The molecule has 0 aliphatic carbocycles. The molecule has 0 bridgehead atoms. The fraction of sp³-hybridized carbons (Fsp3) is 0. The first-order chi connectivity index (χ1) is 5.29. The van der Waals surface area contributed by atoms with Crippen molar-refractivity contribution in [2.75, 3.05) is 0 Å². The molecule has 56 valence electrons. The first-order valence-electron chi connectivity index (χ1n) is 3.26. The zero-order valence-electron chi connectivity index (χ0n) is 5.69. The van der Waals surface area contributed by atoms with Crippen molar-refractivity contribution in [3.8, 4) is 5.88 Å². The third-order valence-corrected chi connectivity index (χ3v) is 2.03. The molecule has 0 aliphatic heterocycles. The van der Waals surface area contributed by atoms with Crippen LogP contribution in [0.3, 0.4) is 0 Å². The van der Waals surface area contributed by atoms with Gasteiger partial charge in [-0.2, -0.15) is 0 Å². The number of rotatable bonds is 0. The second-order valence-corrected chi connectivity index (χ2v) is 2.72. The lowest BCUT2D eigenvalue weighted by atomic mass is 10.3. The van der Waals surface area contributed by atoms with Gasteiger partial charge in [-0.25, -0.2) is 0 Å². The molecule has 0 unspecified atom stereocenters. The third-order valence-electron chi connectivity index (χ3n) is 1.65. The van der Waals surface area contributed by atoms with Crippen molar-refractivity contribution in [2.45, 2.75) is 0 Å². The minimum Gasteiger partial charge on any atom is -0.684 e. The van der Waals surface area contributed by atoms with E-state index in [1.165, 1.54) is 3.97 Å². The smallest absolute Gasteiger partial charge is 0.172 e. The van der Waals surface area contributed by atoms with Gasteiger partial charge in [-0.05, 0) is 6.07 Å². The van der Waals surface area contributed by atoms with Crippen LogP contribution < -0.4 is 0 Å². The van der Waals surface area contributed by atoms with Crippen molar-refractivity contribution in [1.29, 1.82) is 0 Å². The molecule has 11 heavy (non-hydrogen) atoms. The molecule has 0 atom stereocenters. The lowest BCUT2D eigenvalue weighted by Gasteiger charge is -2.09. The van der Waals surface area contributed by atoms with Gasteiger partial charge in [0.05, 0.1) is 0 Å². The molecule has 0 fully saturated rings. The van der Waals surface area contributed by atoms with E-state index in [1.807, 2.05) is 24.3 Å². The van der Waals surface area contributed by atoms with Gasteiger partial charge in [-0.3, -0.25) is 0 Å². The highest BCUT2D eigenvalue weighted by Gasteiger charge is 1.96. The molecule has 2 rings (SSSR count). The number of para-hydroxylation sites is 1. The van der Waals surface area contributed by atoms with Crippen molar-refractivity contribution in [2.24, 2.45) is 0 Å². The zero-order chi connectivity index (χ0) is 7.84. The van der Waals surface area contributed by atoms with E-state index >= 15 is 0 Å². The maximum absolute atomic E-state index is 9.20. The molecule has 0 aliphatic rings. The van der Waals surface area contributed by atoms with Crippen LogP contribution in [0.4, 0.5) is 0 Å². The first kappa shape index (κ1) is 6.49. The van der Waals surface area contributed by atoms with Crippen molar-refractivity contribution in [3.63, 3.8) is 0 Å². The first-order valence-corrected chi connectivity index (χ1v) is 3.62. The Balaban J connectivity index is 2.92. The van der Waals surface area contributed by atoms with Crippen LogP contribution in [0.15, 0.2) is 30.3 Å². The topological polar surface area (TPSA) is 25.2 Å². The third kappa shape index (κ3) is 0.851. The summed E-state index contributed by atoms with van der Waals surface area (Å²) in [6.07, 6.45) is 0. The van der Waals surface area contributed by atoms with Gasteiger partial charge in [-0.1, -0.05) is 18.2 Å². The highest BCUT2D eigenvalue weighted by Crippen LogP contribution is 2.22. The van der Waals surface area contributed by atoms with E-state index in [4.69, 9.17) is 12.8 Å². The minimum absolute atomic E-state index is 0.126. The molecule has 0 saturated carbocycles. The van der Waals surface area contributed by atoms with Crippen LogP contribution in [0.5, 0.6) is 5.88 Å². The van der Waals surface area contributed by atoms with Gasteiger partial charge >= 0.3 is 0 Å². The Bertz CT molecular complexity index is 394. The van der Waals surface area contributed by atoms with Gasteiger partial charge in [0.2, 0.25) is 0 Å². The number of hydrogen-bond acceptors (Lipinski definition) is 2. The summed E-state index contributed by atoms with van der Waals surface area (Å²) >= 11 is 4.89. The van der Waals surface area contributed by atoms with Crippen LogP contribution in [-0.4, -0.2) is 9.08 Å². The van der Waals surface area contributed by atoms with E-state index in [-0.39, 0.29) is 5.88 Å². The summed E-state index contributed by atoms with van der Waals surface area (Å²) in [6, 6.07) is 9.25. The van der Waals surface area contributed by atoms with E-state index in [9.17, 15) is 5.11 Å². The van der Waals surface area contributed by atoms with Gasteiger partial charge in [0.15, 0.2) is 5.88 Å². The molecule has 0 spiro atoms. The highest BCUT2D eigenvalue weighted by atomic mass is 32.1. The number of hydrogen-bond donors (Lipinski definition) is 1. The molecule has 1 heterocycles. The summed E-state index contributed by atoms with van der Waals surface area (Å²) in [5.41, 5.74) is 0.875. The second kappa shape index (κ2) is 2.13. The van der Waals surface area contributed by atoms with E-state index < -0.39 is 0 Å². The van der Waals surface area contributed by atoms with Crippen molar-refractivity contribution in [3.05, 3.63) is 30.3 Å². The fourth-order valence-electron chi connectivity index (χ4n) is 1.12.